The Morgan fingerprint density at radius 3 is 3.05 bits per heavy atom. The minimum Gasteiger partial charge on any atom is -0.507 e. The van der Waals surface area contributed by atoms with Gasteiger partial charge in [-0.3, -0.25) is 9.98 Å². The van der Waals surface area contributed by atoms with Crippen LogP contribution in [0.4, 0.5) is 0 Å². The van der Waals surface area contributed by atoms with Gasteiger partial charge in [0.05, 0.1) is 0 Å². The summed E-state index contributed by atoms with van der Waals surface area (Å²) in [5, 5.41) is 10.1. The molecule has 0 radical (unpaired) electrons. The lowest BCUT2D eigenvalue weighted by atomic mass is 10.1. The van der Waals surface area contributed by atoms with Gasteiger partial charge in [-0.2, -0.15) is 0 Å². The Bertz CT molecular complexity index is 523. The average molecular weight is 274 g/mol. The first kappa shape index (κ1) is 14.2. The summed E-state index contributed by atoms with van der Waals surface area (Å²) in [4.78, 5) is 20.0. The zero-order valence-corrected chi connectivity index (χ0v) is 11.5. The Labute approximate surface area is 118 Å². The van der Waals surface area contributed by atoms with Crippen molar-refractivity contribution in [3.63, 3.8) is 0 Å². The minimum absolute atomic E-state index is 0.0547. The van der Waals surface area contributed by atoms with E-state index in [1.807, 2.05) is 18.2 Å². The fourth-order valence-electron chi connectivity index (χ4n) is 1.90. The van der Waals surface area contributed by atoms with Crippen LogP contribution in [0.1, 0.15) is 25.5 Å². The maximum absolute atomic E-state index is 11.7. The molecule has 0 fully saturated rings. The van der Waals surface area contributed by atoms with Crippen molar-refractivity contribution in [1.29, 1.82) is 0 Å². The molecule has 2 heterocycles. The summed E-state index contributed by atoms with van der Waals surface area (Å²) in [6, 6.07) is 5.49. The summed E-state index contributed by atoms with van der Waals surface area (Å²) in [5.41, 5.74) is 0.919. The smallest absolute Gasteiger partial charge is 0.344 e. The molecule has 1 aromatic rings. The van der Waals surface area contributed by atoms with Gasteiger partial charge in [-0.1, -0.05) is 19.4 Å². The molecule has 0 saturated carbocycles. The van der Waals surface area contributed by atoms with E-state index in [-0.39, 0.29) is 11.3 Å². The van der Waals surface area contributed by atoms with E-state index >= 15 is 0 Å². The molecule has 0 amide bonds. The molecule has 1 N–H and O–H groups in total. The fraction of sp³-hybridized carbons (Fsp3) is 0.400. The van der Waals surface area contributed by atoms with Crippen LogP contribution in [0.3, 0.4) is 0 Å². The summed E-state index contributed by atoms with van der Waals surface area (Å²) in [6.07, 6.45) is 4.77. The summed E-state index contributed by atoms with van der Waals surface area (Å²) < 4.78 is 5.15. The van der Waals surface area contributed by atoms with Crippen molar-refractivity contribution in [3.05, 3.63) is 41.4 Å². The van der Waals surface area contributed by atoms with E-state index in [9.17, 15) is 9.90 Å². The molecule has 0 aromatic carbocycles. The van der Waals surface area contributed by atoms with Gasteiger partial charge in [0, 0.05) is 31.1 Å². The largest absolute Gasteiger partial charge is 0.507 e. The fourth-order valence-corrected chi connectivity index (χ4v) is 1.90. The SMILES string of the molecule is CCCCN=CC1=C(O)[C@@H](Cc2ccccn2)OC1=O. The molecule has 1 aromatic heterocycles. The second-order valence-electron chi connectivity index (χ2n) is 4.61. The lowest BCUT2D eigenvalue weighted by Crippen LogP contribution is -2.15. The third kappa shape index (κ3) is 3.44. The highest BCUT2D eigenvalue weighted by molar-refractivity contribution is 6.11. The maximum atomic E-state index is 11.7. The quantitative estimate of drug-likeness (QED) is 0.490. The predicted octanol–water partition coefficient (Wildman–Crippen LogP) is 2.23. The van der Waals surface area contributed by atoms with Crippen LogP contribution < -0.4 is 0 Å². The molecule has 1 atom stereocenters. The van der Waals surface area contributed by atoms with Gasteiger partial charge in [0.1, 0.15) is 11.3 Å². The van der Waals surface area contributed by atoms with E-state index in [1.165, 1.54) is 6.21 Å². The number of hydrogen-bond donors (Lipinski definition) is 1. The topological polar surface area (TPSA) is 71.8 Å². The van der Waals surface area contributed by atoms with Crippen molar-refractivity contribution >= 4 is 12.2 Å². The molecule has 20 heavy (non-hydrogen) atoms. The van der Waals surface area contributed by atoms with Gasteiger partial charge in [-0.05, 0) is 18.6 Å². The standard InChI is InChI=1S/C15H18N2O3/c1-2-3-7-16-10-12-14(18)13(20-15(12)19)9-11-6-4-5-8-17-11/h4-6,8,10,13,18H,2-3,7,9H2,1H3/t13-/m1/s1. The first-order chi connectivity index (χ1) is 9.72. The van der Waals surface area contributed by atoms with Crippen LogP contribution >= 0.6 is 0 Å². The number of cyclic esters (lactones) is 1. The zero-order chi connectivity index (χ0) is 14.4. The lowest BCUT2D eigenvalue weighted by Gasteiger charge is -2.08. The van der Waals surface area contributed by atoms with Gasteiger partial charge in [0.2, 0.25) is 0 Å². The molecular weight excluding hydrogens is 256 g/mol. The summed E-state index contributed by atoms with van der Waals surface area (Å²) in [5.74, 6) is -0.579. The Hall–Kier alpha value is -2.17. The molecular formula is C15H18N2O3. The lowest BCUT2D eigenvalue weighted by molar-refractivity contribution is -0.139. The van der Waals surface area contributed by atoms with Crippen LogP contribution in [0.15, 0.2) is 40.7 Å². The van der Waals surface area contributed by atoms with Gasteiger partial charge >= 0.3 is 5.97 Å². The Balaban J connectivity index is 2.04. The molecule has 1 aliphatic heterocycles. The van der Waals surface area contributed by atoms with Crippen LogP contribution in [0.5, 0.6) is 0 Å². The van der Waals surface area contributed by atoms with Gasteiger partial charge in [0.25, 0.3) is 0 Å². The number of rotatable bonds is 6. The first-order valence-corrected chi connectivity index (χ1v) is 6.76. The normalized spacial score (nSPS) is 18.9. The molecule has 2 rings (SSSR count). The van der Waals surface area contributed by atoms with Crippen molar-refractivity contribution < 1.29 is 14.6 Å². The average Bonchev–Trinajstić information content (AvgIpc) is 2.72. The van der Waals surface area contributed by atoms with Gasteiger partial charge in [0.15, 0.2) is 6.10 Å². The van der Waals surface area contributed by atoms with Crippen molar-refractivity contribution in [2.24, 2.45) is 4.99 Å². The monoisotopic (exact) mass is 274 g/mol. The molecule has 0 aliphatic carbocycles. The van der Waals surface area contributed by atoms with Gasteiger partial charge in [-0.25, -0.2) is 4.79 Å². The third-order valence-electron chi connectivity index (χ3n) is 3.03. The van der Waals surface area contributed by atoms with E-state index in [1.54, 1.807) is 6.20 Å². The van der Waals surface area contributed by atoms with Crippen molar-refractivity contribution in [3.8, 4) is 0 Å². The highest BCUT2D eigenvalue weighted by atomic mass is 16.6. The number of carbonyl (C=O) groups excluding carboxylic acids is 1. The Morgan fingerprint density at radius 2 is 2.35 bits per heavy atom. The Morgan fingerprint density at radius 1 is 1.50 bits per heavy atom. The molecule has 0 saturated heterocycles. The second kappa shape index (κ2) is 6.84. The van der Waals surface area contributed by atoms with Gasteiger partial charge < -0.3 is 9.84 Å². The van der Waals surface area contributed by atoms with Crippen molar-refractivity contribution in [2.45, 2.75) is 32.3 Å². The predicted molar refractivity (Wildman–Crippen MR) is 75.7 cm³/mol. The minimum atomic E-state index is -0.662. The van der Waals surface area contributed by atoms with Crippen LogP contribution in [-0.2, 0) is 16.0 Å². The number of aliphatic imine (C=N–C) groups is 1. The van der Waals surface area contributed by atoms with Crippen LogP contribution in [0.25, 0.3) is 0 Å². The number of ether oxygens (including phenoxy) is 1. The van der Waals surface area contributed by atoms with Crippen molar-refractivity contribution in [1.82, 2.24) is 4.98 Å². The summed E-state index contributed by atoms with van der Waals surface area (Å²) >= 11 is 0. The molecule has 106 valence electrons. The second-order valence-corrected chi connectivity index (χ2v) is 4.61. The molecule has 0 unspecified atom stereocenters. The molecule has 0 spiro atoms. The van der Waals surface area contributed by atoms with E-state index < -0.39 is 12.1 Å². The number of aromatic nitrogens is 1. The first-order valence-electron chi connectivity index (χ1n) is 6.76. The molecule has 1 aliphatic rings. The number of pyridine rings is 1. The highest BCUT2D eigenvalue weighted by Gasteiger charge is 2.33. The van der Waals surface area contributed by atoms with E-state index in [2.05, 4.69) is 16.9 Å². The zero-order valence-electron chi connectivity index (χ0n) is 11.5. The number of hydrogen-bond acceptors (Lipinski definition) is 5. The summed E-state index contributed by atoms with van der Waals surface area (Å²) in [6.45, 7) is 2.71. The third-order valence-corrected chi connectivity index (χ3v) is 3.03. The van der Waals surface area contributed by atoms with E-state index in [0.717, 1.165) is 18.5 Å². The Kier molecular flexibility index (Phi) is 4.87. The number of nitrogens with zero attached hydrogens (tertiary/aromatic N) is 2. The van der Waals surface area contributed by atoms with Crippen LogP contribution in [-0.4, -0.2) is 34.9 Å². The van der Waals surface area contributed by atoms with Crippen LogP contribution in [0.2, 0.25) is 0 Å². The van der Waals surface area contributed by atoms with Crippen molar-refractivity contribution in [2.75, 3.05) is 6.54 Å². The van der Waals surface area contributed by atoms with E-state index in [4.69, 9.17) is 4.74 Å². The number of unbranched alkanes of at least 4 members (excludes halogenated alkanes) is 1. The number of aliphatic hydroxyl groups excluding tert-OH is 1. The number of esters is 1. The van der Waals surface area contributed by atoms with Crippen LogP contribution in [0, 0.1) is 0 Å². The summed E-state index contributed by atoms with van der Waals surface area (Å²) in [7, 11) is 0. The van der Waals surface area contributed by atoms with Gasteiger partial charge in [-0.15, -0.1) is 0 Å². The number of carbonyl (C=O) groups is 1. The molecule has 5 heteroatoms. The number of aliphatic hydroxyl groups is 1. The molecule has 5 nitrogen and oxygen atoms in total. The van der Waals surface area contributed by atoms with E-state index in [0.29, 0.717) is 13.0 Å². The highest BCUT2D eigenvalue weighted by Crippen LogP contribution is 2.22. The maximum Gasteiger partial charge on any atom is 0.344 e. The molecule has 0 bridgehead atoms.